The minimum absolute atomic E-state index is 0.317. The average molecular weight is 259 g/mol. The first-order valence-electron chi connectivity index (χ1n) is 6.99. The summed E-state index contributed by atoms with van der Waals surface area (Å²) in [4.78, 5) is 0. The maximum atomic E-state index is 11.8. The van der Waals surface area contributed by atoms with Crippen molar-refractivity contribution in [1.29, 1.82) is 0 Å². The van der Waals surface area contributed by atoms with Gasteiger partial charge in [0.1, 0.15) is 9.84 Å². The third kappa shape index (κ3) is 3.02. The van der Waals surface area contributed by atoms with Gasteiger partial charge in [0.2, 0.25) is 0 Å². The van der Waals surface area contributed by atoms with Gasteiger partial charge in [0.15, 0.2) is 0 Å². The fourth-order valence-electron chi connectivity index (χ4n) is 3.43. The SMILES string of the molecule is CCCS(=O)(=O)CCC1(C2CCCC2)CNC1. The Hall–Kier alpha value is -0.0900. The van der Waals surface area contributed by atoms with E-state index in [1.54, 1.807) is 0 Å². The zero-order chi connectivity index (χ0) is 12.4. The Labute approximate surface area is 105 Å². The van der Waals surface area contributed by atoms with Crippen LogP contribution in [0, 0.1) is 11.3 Å². The number of hydrogen-bond donors (Lipinski definition) is 1. The molecule has 2 aliphatic rings. The van der Waals surface area contributed by atoms with Gasteiger partial charge < -0.3 is 5.32 Å². The lowest BCUT2D eigenvalue weighted by Gasteiger charge is -2.47. The van der Waals surface area contributed by atoms with E-state index in [0.717, 1.165) is 31.8 Å². The third-order valence-electron chi connectivity index (χ3n) is 4.60. The van der Waals surface area contributed by atoms with Crippen LogP contribution in [0.25, 0.3) is 0 Å². The first kappa shape index (κ1) is 13.3. The van der Waals surface area contributed by atoms with Crippen molar-refractivity contribution >= 4 is 9.84 Å². The van der Waals surface area contributed by atoms with Crippen LogP contribution in [0.4, 0.5) is 0 Å². The fourth-order valence-corrected chi connectivity index (χ4v) is 4.97. The Kier molecular flexibility index (Phi) is 4.14. The first-order valence-corrected chi connectivity index (χ1v) is 8.81. The van der Waals surface area contributed by atoms with E-state index in [0.29, 0.717) is 16.9 Å². The number of nitrogens with one attached hydrogen (secondary N) is 1. The zero-order valence-corrected chi connectivity index (χ0v) is 11.7. The van der Waals surface area contributed by atoms with Gasteiger partial charge >= 0.3 is 0 Å². The summed E-state index contributed by atoms with van der Waals surface area (Å²) >= 11 is 0. The summed E-state index contributed by atoms with van der Waals surface area (Å²) in [5.41, 5.74) is 0.317. The summed E-state index contributed by atoms with van der Waals surface area (Å²) in [6.07, 6.45) is 6.94. The predicted molar refractivity (Wildman–Crippen MR) is 70.8 cm³/mol. The van der Waals surface area contributed by atoms with Crippen molar-refractivity contribution in [1.82, 2.24) is 5.32 Å². The van der Waals surface area contributed by atoms with E-state index < -0.39 is 9.84 Å². The molecule has 2 fully saturated rings. The second-order valence-electron chi connectivity index (χ2n) is 5.85. The molecule has 1 saturated carbocycles. The van der Waals surface area contributed by atoms with Gasteiger partial charge in [-0.15, -0.1) is 0 Å². The standard InChI is InChI=1S/C13H25NO2S/c1-2-8-17(15,16)9-7-13(10-14-11-13)12-5-3-4-6-12/h12,14H,2-11H2,1H3. The van der Waals surface area contributed by atoms with Crippen molar-refractivity contribution in [2.45, 2.75) is 45.4 Å². The Morgan fingerprint density at radius 3 is 2.29 bits per heavy atom. The maximum Gasteiger partial charge on any atom is 0.150 e. The molecule has 0 spiro atoms. The van der Waals surface area contributed by atoms with Crippen molar-refractivity contribution < 1.29 is 8.42 Å². The monoisotopic (exact) mass is 259 g/mol. The second kappa shape index (κ2) is 5.27. The highest BCUT2D eigenvalue weighted by Crippen LogP contribution is 2.45. The molecule has 1 aliphatic heterocycles. The molecule has 1 N–H and O–H groups in total. The number of rotatable bonds is 6. The summed E-state index contributed by atoms with van der Waals surface area (Å²) in [6.45, 7) is 4.02. The molecule has 0 atom stereocenters. The minimum atomic E-state index is -2.80. The molecular weight excluding hydrogens is 234 g/mol. The molecule has 0 aromatic heterocycles. The molecule has 0 radical (unpaired) electrons. The van der Waals surface area contributed by atoms with E-state index >= 15 is 0 Å². The lowest BCUT2D eigenvalue weighted by molar-refractivity contribution is 0.0770. The molecule has 2 rings (SSSR count). The topological polar surface area (TPSA) is 46.2 Å². The summed E-state index contributed by atoms with van der Waals surface area (Å²) < 4.78 is 23.6. The molecule has 1 aliphatic carbocycles. The summed E-state index contributed by atoms with van der Waals surface area (Å²) in [5, 5.41) is 3.35. The van der Waals surface area contributed by atoms with Crippen molar-refractivity contribution in [3.63, 3.8) is 0 Å². The highest BCUT2D eigenvalue weighted by Gasteiger charge is 2.44. The zero-order valence-electron chi connectivity index (χ0n) is 10.9. The molecule has 17 heavy (non-hydrogen) atoms. The highest BCUT2D eigenvalue weighted by atomic mass is 32.2. The van der Waals surface area contributed by atoms with Gasteiger partial charge in [-0.3, -0.25) is 0 Å². The van der Waals surface area contributed by atoms with Crippen LogP contribution in [0.2, 0.25) is 0 Å². The molecule has 4 heteroatoms. The maximum absolute atomic E-state index is 11.8. The molecule has 0 amide bonds. The van der Waals surface area contributed by atoms with Gasteiger partial charge in [-0.1, -0.05) is 19.8 Å². The molecule has 1 heterocycles. The molecular formula is C13H25NO2S. The van der Waals surface area contributed by atoms with Gasteiger partial charge in [-0.2, -0.15) is 0 Å². The van der Waals surface area contributed by atoms with Crippen LogP contribution in [0.1, 0.15) is 45.4 Å². The van der Waals surface area contributed by atoms with Crippen LogP contribution in [-0.2, 0) is 9.84 Å². The van der Waals surface area contributed by atoms with Crippen molar-refractivity contribution in [2.75, 3.05) is 24.6 Å². The number of hydrogen-bond acceptors (Lipinski definition) is 3. The third-order valence-corrected chi connectivity index (χ3v) is 6.46. The minimum Gasteiger partial charge on any atom is -0.316 e. The van der Waals surface area contributed by atoms with Gasteiger partial charge in [0.05, 0.1) is 5.75 Å². The summed E-state index contributed by atoms with van der Waals surface area (Å²) in [7, 11) is -2.80. The van der Waals surface area contributed by atoms with E-state index in [1.807, 2.05) is 6.92 Å². The Morgan fingerprint density at radius 2 is 1.82 bits per heavy atom. The first-order chi connectivity index (χ1) is 8.08. The molecule has 0 unspecified atom stereocenters. The Bertz CT molecular complexity index is 340. The van der Waals surface area contributed by atoms with E-state index in [4.69, 9.17) is 0 Å². The molecule has 0 aromatic carbocycles. The van der Waals surface area contributed by atoms with Crippen LogP contribution >= 0.6 is 0 Å². The predicted octanol–water partition coefficient (Wildman–Crippen LogP) is 1.98. The normalized spacial score (nSPS) is 24.8. The number of sulfone groups is 1. The smallest absolute Gasteiger partial charge is 0.150 e. The molecule has 100 valence electrons. The van der Waals surface area contributed by atoms with Crippen LogP contribution in [0.3, 0.4) is 0 Å². The van der Waals surface area contributed by atoms with E-state index in [9.17, 15) is 8.42 Å². The van der Waals surface area contributed by atoms with Crippen molar-refractivity contribution in [2.24, 2.45) is 11.3 Å². The van der Waals surface area contributed by atoms with Crippen molar-refractivity contribution in [3.05, 3.63) is 0 Å². The molecule has 0 bridgehead atoms. The second-order valence-corrected chi connectivity index (χ2v) is 8.15. The summed E-state index contributed by atoms with van der Waals surface area (Å²) in [5.74, 6) is 1.54. The summed E-state index contributed by atoms with van der Waals surface area (Å²) in [6, 6.07) is 0. The van der Waals surface area contributed by atoms with Gasteiger partial charge in [-0.25, -0.2) is 8.42 Å². The quantitative estimate of drug-likeness (QED) is 0.793. The fraction of sp³-hybridized carbons (Fsp3) is 1.00. The molecule has 1 saturated heterocycles. The van der Waals surface area contributed by atoms with Gasteiger partial charge in [-0.05, 0) is 37.0 Å². The molecule has 0 aromatic rings. The Morgan fingerprint density at radius 1 is 1.18 bits per heavy atom. The van der Waals surface area contributed by atoms with Gasteiger partial charge in [0.25, 0.3) is 0 Å². The van der Waals surface area contributed by atoms with E-state index in [-0.39, 0.29) is 0 Å². The lowest BCUT2D eigenvalue weighted by atomic mass is 9.68. The van der Waals surface area contributed by atoms with Crippen LogP contribution in [0.15, 0.2) is 0 Å². The average Bonchev–Trinajstić information content (AvgIpc) is 2.69. The van der Waals surface area contributed by atoms with Crippen LogP contribution in [0.5, 0.6) is 0 Å². The van der Waals surface area contributed by atoms with Crippen molar-refractivity contribution in [3.8, 4) is 0 Å². The highest BCUT2D eigenvalue weighted by molar-refractivity contribution is 7.91. The van der Waals surface area contributed by atoms with Crippen LogP contribution < -0.4 is 5.32 Å². The van der Waals surface area contributed by atoms with E-state index in [2.05, 4.69) is 5.32 Å². The van der Waals surface area contributed by atoms with Crippen LogP contribution in [-0.4, -0.2) is 33.0 Å². The lowest BCUT2D eigenvalue weighted by Crippen LogP contribution is -2.57. The molecule has 3 nitrogen and oxygen atoms in total. The largest absolute Gasteiger partial charge is 0.316 e. The van der Waals surface area contributed by atoms with Gasteiger partial charge in [0, 0.05) is 18.8 Å². The van der Waals surface area contributed by atoms with E-state index in [1.165, 1.54) is 25.7 Å². The Balaban J connectivity index is 1.91.